The van der Waals surface area contributed by atoms with E-state index in [1.54, 1.807) is 0 Å². The third-order valence-corrected chi connectivity index (χ3v) is 7.68. The van der Waals surface area contributed by atoms with Gasteiger partial charge in [-0.15, -0.1) is 10.2 Å². The van der Waals surface area contributed by atoms with Crippen molar-refractivity contribution in [1.82, 2.24) is 15.1 Å². The molecule has 1 atom stereocenters. The topological polar surface area (TPSA) is 93.4 Å². The predicted octanol–water partition coefficient (Wildman–Crippen LogP) is 1.72. The van der Waals surface area contributed by atoms with Crippen molar-refractivity contribution in [2.75, 3.05) is 23.8 Å². The van der Waals surface area contributed by atoms with Gasteiger partial charge >= 0.3 is 0 Å². The van der Waals surface area contributed by atoms with E-state index in [0.717, 1.165) is 13.0 Å². The lowest BCUT2D eigenvalue weighted by molar-refractivity contribution is -0.129. The number of hydrogen-bond acceptors (Lipinski definition) is 7. The first-order valence-electron chi connectivity index (χ1n) is 8.99. The Kier molecular flexibility index (Phi) is 5.23. The Hall–Kier alpha value is -1.87. The molecule has 1 amide bonds. The number of carbonyl (C=O) groups is 1. The van der Waals surface area contributed by atoms with Crippen LogP contribution < -0.4 is 0 Å². The van der Waals surface area contributed by atoms with Crippen LogP contribution in [0.15, 0.2) is 33.9 Å². The first-order valence-corrected chi connectivity index (χ1v) is 11.8. The van der Waals surface area contributed by atoms with Crippen LogP contribution in [-0.2, 0) is 34.0 Å². The standard InChI is InChI=1S/C18H21N3O4S2/c22-17(21-7-5-14-3-1-2-4-15(14)10-21)11-26-18-20-19-16(25-18)9-13-6-8-27(23,24)12-13/h1-4,13H,5-12H2. The largest absolute Gasteiger partial charge is 0.416 e. The minimum absolute atomic E-state index is 0.0448. The zero-order valence-electron chi connectivity index (χ0n) is 14.8. The van der Waals surface area contributed by atoms with Crippen molar-refractivity contribution in [2.24, 2.45) is 5.92 Å². The second kappa shape index (κ2) is 7.63. The van der Waals surface area contributed by atoms with Crippen molar-refractivity contribution >= 4 is 27.5 Å². The van der Waals surface area contributed by atoms with E-state index < -0.39 is 9.84 Å². The summed E-state index contributed by atoms with van der Waals surface area (Å²) >= 11 is 1.23. The van der Waals surface area contributed by atoms with Gasteiger partial charge < -0.3 is 9.32 Å². The fourth-order valence-corrected chi connectivity index (χ4v) is 6.13. The van der Waals surface area contributed by atoms with E-state index in [9.17, 15) is 13.2 Å². The van der Waals surface area contributed by atoms with Crippen molar-refractivity contribution in [3.63, 3.8) is 0 Å². The van der Waals surface area contributed by atoms with Crippen LogP contribution in [-0.4, -0.2) is 53.2 Å². The molecule has 144 valence electrons. The minimum atomic E-state index is -2.91. The fraction of sp³-hybridized carbons (Fsp3) is 0.500. The molecule has 2 aromatic rings. The molecule has 27 heavy (non-hydrogen) atoms. The molecule has 0 aliphatic carbocycles. The lowest BCUT2D eigenvalue weighted by atomic mass is 10.00. The van der Waals surface area contributed by atoms with Crippen molar-refractivity contribution in [2.45, 2.75) is 31.0 Å². The summed E-state index contributed by atoms with van der Waals surface area (Å²) in [6.07, 6.45) is 1.99. The minimum Gasteiger partial charge on any atom is -0.416 e. The van der Waals surface area contributed by atoms with Crippen LogP contribution in [0.25, 0.3) is 0 Å². The lowest BCUT2D eigenvalue weighted by Gasteiger charge is -2.28. The number of nitrogens with zero attached hydrogens (tertiary/aromatic N) is 3. The molecule has 0 saturated carbocycles. The van der Waals surface area contributed by atoms with Gasteiger partial charge in [0.1, 0.15) is 0 Å². The van der Waals surface area contributed by atoms with Gasteiger partial charge in [0, 0.05) is 19.5 Å². The third kappa shape index (κ3) is 4.52. The summed E-state index contributed by atoms with van der Waals surface area (Å²) in [4.78, 5) is 14.3. The van der Waals surface area contributed by atoms with Crippen LogP contribution in [0.1, 0.15) is 23.4 Å². The normalized spacial score (nSPS) is 21.2. The zero-order chi connectivity index (χ0) is 18.9. The number of thioether (sulfide) groups is 1. The fourth-order valence-electron chi connectivity index (χ4n) is 3.58. The lowest BCUT2D eigenvalue weighted by Crippen LogP contribution is -2.37. The first kappa shape index (κ1) is 18.5. The molecule has 0 spiro atoms. The Labute approximate surface area is 162 Å². The predicted molar refractivity (Wildman–Crippen MR) is 101 cm³/mol. The van der Waals surface area contributed by atoms with Gasteiger partial charge in [-0.3, -0.25) is 4.79 Å². The maximum Gasteiger partial charge on any atom is 0.277 e. The maximum absolute atomic E-state index is 12.5. The van der Waals surface area contributed by atoms with Crippen LogP contribution in [0.5, 0.6) is 0 Å². The van der Waals surface area contributed by atoms with Crippen molar-refractivity contribution in [1.29, 1.82) is 0 Å². The highest BCUT2D eigenvalue weighted by Crippen LogP contribution is 2.25. The Bertz CT molecular complexity index is 942. The molecule has 7 nitrogen and oxygen atoms in total. The number of hydrogen-bond donors (Lipinski definition) is 0. The van der Waals surface area contributed by atoms with Crippen LogP contribution in [0.2, 0.25) is 0 Å². The van der Waals surface area contributed by atoms with E-state index >= 15 is 0 Å². The van der Waals surface area contributed by atoms with Gasteiger partial charge in [-0.05, 0) is 29.9 Å². The Morgan fingerprint density at radius 3 is 2.85 bits per heavy atom. The molecule has 9 heteroatoms. The molecule has 2 aliphatic heterocycles. The molecule has 3 heterocycles. The summed E-state index contributed by atoms with van der Waals surface area (Å²) in [6.45, 7) is 1.36. The van der Waals surface area contributed by atoms with Crippen LogP contribution in [0.4, 0.5) is 0 Å². The second-order valence-corrected chi connectivity index (χ2v) is 10.2. The van der Waals surface area contributed by atoms with E-state index in [0.29, 0.717) is 30.5 Å². The summed E-state index contributed by atoms with van der Waals surface area (Å²) in [5.41, 5.74) is 2.51. The smallest absolute Gasteiger partial charge is 0.277 e. The highest BCUT2D eigenvalue weighted by atomic mass is 32.2. The molecule has 2 aliphatic rings. The van der Waals surface area contributed by atoms with E-state index in [-0.39, 0.29) is 29.1 Å². The van der Waals surface area contributed by atoms with Crippen molar-refractivity contribution in [3.8, 4) is 0 Å². The van der Waals surface area contributed by atoms with Gasteiger partial charge in [-0.1, -0.05) is 36.0 Å². The van der Waals surface area contributed by atoms with Gasteiger partial charge in [-0.2, -0.15) is 0 Å². The van der Waals surface area contributed by atoms with Gasteiger partial charge in [0.05, 0.1) is 17.3 Å². The summed E-state index contributed by atoms with van der Waals surface area (Å²) in [5, 5.41) is 8.32. The van der Waals surface area contributed by atoms with Crippen molar-refractivity contribution in [3.05, 3.63) is 41.3 Å². The highest BCUT2D eigenvalue weighted by molar-refractivity contribution is 7.99. The SMILES string of the molecule is O=C(CSc1nnc(CC2CCS(=O)(=O)C2)o1)N1CCc2ccccc2C1. The van der Waals surface area contributed by atoms with E-state index in [4.69, 9.17) is 4.42 Å². The molecule has 1 unspecified atom stereocenters. The average molecular weight is 408 g/mol. The molecule has 1 aromatic heterocycles. The summed E-state index contributed by atoms with van der Waals surface area (Å²) in [7, 11) is -2.91. The Balaban J connectivity index is 1.28. The number of sulfone groups is 1. The highest BCUT2D eigenvalue weighted by Gasteiger charge is 2.29. The molecule has 0 N–H and O–H groups in total. The number of fused-ring (bicyclic) bond motifs is 1. The van der Waals surface area contributed by atoms with E-state index in [1.807, 2.05) is 17.0 Å². The van der Waals surface area contributed by atoms with Crippen LogP contribution in [0.3, 0.4) is 0 Å². The zero-order valence-corrected chi connectivity index (χ0v) is 16.5. The number of carbonyl (C=O) groups excluding carboxylic acids is 1. The third-order valence-electron chi connectivity index (χ3n) is 5.04. The molecule has 0 bridgehead atoms. The Morgan fingerprint density at radius 2 is 2.07 bits per heavy atom. The monoisotopic (exact) mass is 407 g/mol. The second-order valence-electron chi connectivity index (χ2n) is 7.06. The molecular weight excluding hydrogens is 386 g/mol. The quantitative estimate of drug-likeness (QED) is 0.697. The van der Waals surface area contributed by atoms with Gasteiger partial charge in [0.15, 0.2) is 9.84 Å². The molecular formula is C18H21N3O4S2. The number of benzene rings is 1. The Morgan fingerprint density at radius 1 is 1.26 bits per heavy atom. The van der Waals surface area contributed by atoms with E-state index in [1.165, 1.54) is 22.9 Å². The summed E-state index contributed by atoms with van der Waals surface area (Å²) in [6, 6.07) is 8.20. The van der Waals surface area contributed by atoms with Crippen molar-refractivity contribution < 1.29 is 17.6 Å². The first-order chi connectivity index (χ1) is 13.0. The van der Waals surface area contributed by atoms with Crippen LogP contribution in [0, 0.1) is 5.92 Å². The molecule has 1 fully saturated rings. The number of aromatic nitrogens is 2. The molecule has 1 aromatic carbocycles. The number of amides is 1. The molecule has 4 rings (SSSR count). The van der Waals surface area contributed by atoms with Gasteiger partial charge in [0.25, 0.3) is 5.22 Å². The van der Waals surface area contributed by atoms with Gasteiger partial charge in [-0.25, -0.2) is 8.42 Å². The van der Waals surface area contributed by atoms with Gasteiger partial charge in [0.2, 0.25) is 11.8 Å². The maximum atomic E-state index is 12.5. The molecule has 0 radical (unpaired) electrons. The summed E-state index contributed by atoms with van der Waals surface area (Å²) < 4.78 is 28.6. The molecule has 1 saturated heterocycles. The number of rotatable bonds is 5. The summed E-state index contributed by atoms with van der Waals surface area (Å²) in [5.74, 6) is 1.22. The van der Waals surface area contributed by atoms with Crippen LogP contribution >= 0.6 is 11.8 Å². The van der Waals surface area contributed by atoms with E-state index in [2.05, 4.69) is 22.3 Å². The average Bonchev–Trinajstić information content (AvgIpc) is 3.25.